The van der Waals surface area contributed by atoms with Gasteiger partial charge >= 0.3 is 5.97 Å². The molecule has 0 radical (unpaired) electrons. The molecule has 0 aromatic heterocycles. The number of aliphatic carboxylic acids is 1. The molecule has 2 aromatic rings. The summed E-state index contributed by atoms with van der Waals surface area (Å²) in [5.74, 6) is -1.06. The number of nitrogens with one attached hydrogen (secondary N) is 1. The first-order chi connectivity index (χ1) is 11.0. The average Bonchev–Trinajstić information content (AvgIpc) is 2.55. The third kappa shape index (κ3) is 4.43. The van der Waals surface area contributed by atoms with Crippen molar-refractivity contribution < 1.29 is 19.4 Å². The van der Waals surface area contributed by atoms with Crippen LogP contribution >= 0.6 is 15.9 Å². The van der Waals surface area contributed by atoms with Gasteiger partial charge in [0.05, 0.1) is 12.7 Å². The van der Waals surface area contributed by atoms with E-state index in [1.54, 1.807) is 55.6 Å². The van der Waals surface area contributed by atoms with E-state index >= 15 is 0 Å². The van der Waals surface area contributed by atoms with Gasteiger partial charge < -0.3 is 15.2 Å². The van der Waals surface area contributed by atoms with Crippen LogP contribution < -0.4 is 10.1 Å². The number of hydrogen-bond donors (Lipinski definition) is 2. The third-order valence-corrected chi connectivity index (χ3v) is 3.72. The van der Waals surface area contributed by atoms with Crippen LogP contribution in [0.5, 0.6) is 5.75 Å². The molecule has 0 aliphatic rings. The van der Waals surface area contributed by atoms with Gasteiger partial charge in [0.1, 0.15) is 11.4 Å². The molecule has 0 fully saturated rings. The molecule has 0 aliphatic carbocycles. The Morgan fingerprint density at radius 2 is 1.78 bits per heavy atom. The highest BCUT2D eigenvalue weighted by molar-refractivity contribution is 9.10. The Morgan fingerprint density at radius 3 is 2.35 bits per heavy atom. The molecule has 2 rings (SSSR count). The van der Waals surface area contributed by atoms with Gasteiger partial charge in [-0.05, 0) is 51.8 Å². The van der Waals surface area contributed by atoms with Crippen LogP contribution in [0.25, 0.3) is 6.08 Å². The van der Waals surface area contributed by atoms with E-state index in [9.17, 15) is 14.7 Å². The molecule has 23 heavy (non-hydrogen) atoms. The highest BCUT2D eigenvalue weighted by Crippen LogP contribution is 2.17. The second-order valence-corrected chi connectivity index (χ2v) is 5.42. The number of carboxylic acid groups (broad SMARTS) is 1. The van der Waals surface area contributed by atoms with Crippen molar-refractivity contribution in [1.29, 1.82) is 0 Å². The Labute approximate surface area is 141 Å². The van der Waals surface area contributed by atoms with Gasteiger partial charge in [-0.1, -0.05) is 24.3 Å². The van der Waals surface area contributed by atoms with Crippen LogP contribution in [0.15, 0.2) is 58.7 Å². The van der Waals surface area contributed by atoms with Crippen molar-refractivity contribution in [1.82, 2.24) is 5.32 Å². The molecule has 0 heterocycles. The maximum atomic E-state index is 12.2. The molecule has 0 saturated carbocycles. The minimum absolute atomic E-state index is 0.212. The topological polar surface area (TPSA) is 75.6 Å². The van der Waals surface area contributed by atoms with Crippen molar-refractivity contribution in [3.8, 4) is 5.75 Å². The van der Waals surface area contributed by atoms with E-state index in [1.807, 2.05) is 0 Å². The van der Waals surface area contributed by atoms with Gasteiger partial charge in [0.2, 0.25) is 0 Å². The van der Waals surface area contributed by atoms with Crippen molar-refractivity contribution >= 4 is 33.9 Å². The number of hydrogen-bond acceptors (Lipinski definition) is 3. The zero-order chi connectivity index (χ0) is 16.8. The van der Waals surface area contributed by atoms with Crippen LogP contribution in [-0.2, 0) is 4.79 Å². The van der Waals surface area contributed by atoms with E-state index in [2.05, 4.69) is 21.2 Å². The standard InChI is InChI=1S/C17H14BrNO4/c1-23-12-8-6-11(7-9-12)10-15(17(21)22)19-16(20)13-4-2-3-5-14(13)18/h2-10H,1H3,(H,19,20)(H,21,22)/b15-10-. The molecule has 0 unspecified atom stereocenters. The molecule has 1 amide bonds. The van der Waals surface area contributed by atoms with Crippen LogP contribution in [-0.4, -0.2) is 24.1 Å². The summed E-state index contributed by atoms with van der Waals surface area (Å²) < 4.78 is 5.63. The van der Waals surface area contributed by atoms with E-state index < -0.39 is 11.9 Å². The van der Waals surface area contributed by atoms with Gasteiger partial charge in [-0.25, -0.2) is 4.79 Å². The smallest absolute Gasteiger partial charge is 0.352 e. The van der Waals surface area contributed by atoms with Crippen molar-refractivity contribution in [2.75, 3.05) is 7.11 Å². The summed E-state index contributed by atoms with van der Waals surface area (Å²) in [5.41, 5.74) is 0.779. The average molecular weight is 376 g/mol. The maximum Gasteiger partial charge on any atom is 0.352 e. The summed E-state index contributed by atoms with van der Waals surface area (Å²) >= 11 is 3.26. The fourth-order valence-electron chi connectivity index (χ4n) is 1.85. The van der Waals surface area contributed by atoms with Gasteiger partial charge in [0, 0.05) is 4.47 Å². The molecule has 0 bridgehead atoms. The SMILES string of the molecule is COc1ccc(/C=C(\NC(=O)c2ccccc2Br)C(=O)O)cc1. The molecule has 2 aromatic carbocycles. The van der Waals surface area contributed by atoms with Crippen LogP contribution in [0.2, 0.25) is 0 Å². The van der Waals surface area contributed by atoms with Gasteiger partial charge in [0.25, 0.3) is 5.91 Å². The number of rotatable bonds is 5. The van der Waals surface area contributed by atoms with Crippen molar-refractivity contribution in [2.24, 2.45) is 0 Å². The summed E-state index contributed by atoms with van der Waals surface area (Å²) in [4.78, 5) is 23.6. The number of amides is 1. The predicted octanol–water partition coefficient (Wildman–Crippen LogP) is 3.31. The maximum absolute atomic E-state index is 12.2. The zero-order valence-corrected chi connectivity index (χ0v) is 13.8. The minimum Gasteiger partial charge on any atom is -0.497 e. The third-order valence-electron chi connectivity index (χ3n) is 3.02. The highest BCUT2D eigenvalue weighted by Gasteiger charge is 2.15. The van der Waals surface area contributed by atoms with Gasteiger partial charge in [0.15, 0.2) is 0 Å². The molecule has 0 saturated heterocycles. The Hall–Kier alpha value is -2.60. The quantitative estimate of drug-likeness (QED) is 0.786. The lowest BCUT2D eigenvalue weighted by Crippen LogP contribution is -2.27. The van der Waals surface area contributed by atoms with E-state index in [-0.39, 0.29) is 5.70 Å². The van der Waals surface area contributed by atoms with Gasteiger partial charge in [-0.15, -0.1) is 0 Å². The molecule has 6 heteroatoms. The lowest BCUT2D eigenvalue weighted by atomic mass is 10.1. The molecule has 5 nitrogen and oxygen atoms in total. The lowest BCUT2D eigenvalue weighted by Gasteiger charge is -2.08. The number of carboxylic acids is 1. The highest BCUT2D eigenvalue weighted by atomic mass is 79.9. The van der Waals surface area contributed by atoms with Crippen molar-refractivity contribution in [3.63, 3.8) is 0 Å². The molecular formula is C17H14BrNO4. The van der Waals surface area contributed by atoms with Gasteiger partial charge in [-0.3, -0.25) is 4.79 Å². The van der Waals surface area contributed by atoms with Crippen molar-refractivity contribution in [3.05, 3.63) is 69.8 Å². The lowest BCUT2D eigenvalue weighted by molar-refractivity contribution is -0.132. The van der Waals surface area contributed by atoms with Crippen LogP contribution in [0.1, 0.15) is 15.9 Å². The summed E-state index contributed by atoms with van der Waals surface area (Å²) in [6.45, 7) is 0. The summed E-state index contributed by atoms with van der Waals surface area (Å²) in [5, 5.41) is 11.7. The number of methoxy groups -OCH3 is 1. The molecular weight excluding hydrogens is 362 g/mol. The number of halogens is 1. The second-order valence-electron chi connectivity index (χ2n) is 4.57. The first kappa shape index (κ1) is 16.8. The van der Waals surface area contributed by atoms with Crippen LogP contribution in [0, 0.1) is 0 Å². The Bertz CT molecular complexity index is 753. The molecule has 0 aliphatic heterocycles. The van der Waals surface area contributed by atoms with Crippen LogP contribution in [0.4, 0.5) is 0 Å². The molecule has 0 spiro atoms. The Morgan fingerprint density at radius 1 is 1.13 bits per heavy atom. The normalized spacial score (nSPS) is 11.0. The molecule has 118 valence electrons. The number of carbonyl (C=O) groups excluding carboxylic acids is 1. The fourth-order valence-corrected chi connectivity index (χ4v) is 2.32. The summed E-state index contributed by atoms with van der Waals surface area (Å²) in [6, 6.07) is 13.6. The largest absolute Gasteiger partial charge is 0.497 e. The first-order valence-corrected chi connectivity index (χ1v) is 7.45. The van der Waals surface area contributed by atoms with Crippen LogP contribution in [0.3, 0.4) is 0 Å². The summed E-state index contributed by atoms with van der Waals surface area (Å²) in [7, 11) is 1.55. The van der Waals surface area contributed by atoms with Gasteiger partial charge in [-0.2, -0.15) is 0 Å². The number of benzene rings is 2. The first-order valence-electron chi connectivity index (χ1n) is 6.66. The van der Waals surface area contributed by atoms with E-state index in [0.717, 1.165) is 0 Å². The minimum atomic E-state index is -1.22. The zero-order valence-electron chi connectivity index (χ0n) is 12.2. The van der Waals surface area contributed by atoms with E-state index in [0.29, 0.717) is 21.3 Å². The fraction of sp³-hybridized carbons (Fsp3) is 0.0588. The summed E-state index contributed by atoms with van der Waals surface area (Å²) in [6.07, 6.45) is 1.39. The van der Waals surface area contributed by atoms with E-state index in [1.165, 1.54) is 6.08 Å². The Kier molecular flexibility index (Phi) is 5.54. The van der Waals surface area contributed by atoms with Crippen molar-refractivity contribution in [2.45, 2.75) is 0 Å². The number of carbonyl (C=O) groups is 2. The molecule has 2 N–H and O–H groups in total. The predicted molar refractivity (Wildman–Crippen MR) is 90.2 cm³/mol. The molecule has 0 atom stereocenters. The second kappa shape index (κ2) is 7.60. The van der Waals surface area contributed by atoms with E-state index in [4.69, 9.17) is 4.74 Å². The Balaban J connectivity index is 2.24. The number of ether oxygens (including phenoxy) is 1. The monoisotopic (exact) mass is 375 g/mol.